The number of hydrogen-bond acceptors (Lipinski definition) is 4. The molecule has 4 nitrogen and oxygen atoms in total. The first-order chi connectivity index (χ1) is 9.59. The molecule has 0 heterocycles. The number of benzene rings is 2. The maximum Gasteiger partial charge on any atom is 0.187 e. The number of Topliss-reactive ketones (excluding diaryl/α,β-unsaturated/α-hetero) is 1. The lowest BCUT2D eigenvalue weighted by atomic mass is 10.1. The Morgan fingerprint density at radius 1 is 1.15 bits per heavy atom. The lowest BCUT2D eigenvalue weighted by Gasteiger charge is -2.02. The average Bonchev–Trinajstić information content (AvgIpc) is 2.44. The molecule has 0 fully saturated rings. The summed E-state index contributed by atoms with van der Waals surface area (Å²) in [7, 11) is 0. The van der Waals surface area contributed by atoms with Crippen LogP contribution >= 0.6 is 0 Å². The van der Waals surface area contributed by atoms with E-state index in [1.807, 2.05) is 0 Å². The molecule has 0 bridgehead atoms. The van der Waals surface area contributed by atoms with Gasteiger partial charge in [0.2, 0.25) is 0 Å². The Kier molecular flexibility index (Phi) is 4.15. The maximum absolute atomic E-state index is 11.9. The predicted molar refractivity (Wildman–Crippen MR) is 77.7 cm³/mol. The Hall–Kier alpha value is -2.62. The Morgan fingerprint density at radius 3 is 2.65 bits per heavy atom. The summed E-state index contributed by atoms with van der Waals surface area (Å²) in [6.07, 6.45) is 1.46. The van der Waals surface area contributed by atoms with E-state index in [0.717, 1.165) is 5.56 Å². The van der Waals surface area contributed by atoms with Crippen LogP contribution in [0.2, 0.25) is 0 Å². The molecule has 0 aromatic heterocycles. The van der Waals surface area contributed by atoms with Crippen LogP contribution in [0.3, 0.4) is 0 Å². The molecule has 0 saturated carbocycles. The van der Waals surface area contributed by atoms with Crippen molar-refractivity contribution in [3.05, 3.63) is 59.2 Å². The number of ketones is 1. The molecule has 0 aliphatic carbocycles. The van der Waals surface area contributed by atoms with Gasteiger partial charge in [-0.1, -0.05) is 24.3 Å². The van der Waals surface area contributed by atoms with Gasteiger partial charge in [0, 0.05) is 11.8 Å². The van der Waals surface area contributed by atoms with Gasteiger partial charge < -0.3 is 10.2 Å². The van der Waals surface area contributed by atoms with Crippen molar-refractivity contribution in [2.75, 3.05) is 6.54 Å². The van der Waals surface area contributed by atoms with E-state index in [9.17, 15) is 15.0 Å². The number of para-hydroxylation sites is 2. The van der Waals surface area contributed by atoms with Crippen molar-refractivity contribution in [1.82, 2.24) is 0 Å². The number of rotatable bonds is 4. The van der Waals surface area contributed by atoms with E-state index in [4.69, 9.17) is 0 Å². The third-order valence-corrected chi connectivity index (χ3v) is 2.94. The highest BCUT2D eigenvalue weighted by Crippen LogP contribution is 2.20. The van der Waals surface area contributed by atoms with Crippen LogP contribution < -0.4 is 0 Å². The molecule has 4 heteroatoms. The number of carbonyl (C=O) groups is 1. The number of aromatic hydroxyl groups is 2. The third kappa shape index (κ3) is 3.03. The normalized spacial score (nSPS) is 10.8. The summed E-state index contributed by atoms with van der Waals surface area (Å²) in [4.78, 5) is 15.9. The molecular weight excluding hydrogens is 254 g/mol. The van der Waals surface area contributed by atoms with E-state index in [-0.39, 0.29) is 29.4 Å². The number of phenolic OH excluding ortho intramolecular Hbond substituents is 2. The molecule has 0 saturated heterocycles. The van der Waals surface area contributed by atoms with Crippen molar-refractivity contribution in [3.63, 3.8) is 0 Å². The van der Waals surface area contributed by atoms with Crippen LogP contribution in [-0.4, -0.2) is 28.8 Å². The maximum atomic E-state index is 11.9. The van der Waals surface area contributed by atoms with Gasteiger partial charge in [-0.2, -0.15) is 0 Å². The smallest absolute Gasteiger partial charge is 0.187 e. The van der Waals surface area contributed by atoms with E-state index in [1.54, 1.807) is 43.3 Å². The van der Waals surface area contributed by atoms with Crippen molar-refractivity contribution >= 4 is 12.0 Å². The standard InChI is InChI=1S/C16H15NO3/c1-11-5-4-6-12(16(11)20)9-17-10-15(19)13-7-2-3-8-14(13)18/h2-9,18,20H,10H2,1H3. The minimum absolute atomic E-state index is 0.0499. The van der Waals surface area contributed by atoms with E-state index in [2.05, 4.69) is 4.99 Å². The number of carbonyl (C=O) groups excluding carboxylic acids is 1. The molecule has 0 atom stereocenters. The molecule has 20 heavy (non-hydrogen) atoms. The van der Waals surface area contributed by atoms with Crippen LogP contribution in [0.15, 0.2) is 47.5 Å². The second kappa shape index (κ2) is 6.02. The Balaban J connectivity index is 2.09. The van der Waals surface area contributed by atoms with Crippen LogP contribution in [0.25, 0.3) is 0 Å². The summed E-state index contributed by atoms with van der Waals surface area (Å²) in [5.41, 5.74) is 1.56. The molecule has 2 rings (SSSR count). The average molecular weight is 269 g/mol. The first-order valence-electron chi connectivity index (χ1n) is 6.19. The number of nitrogens with zero attached hydrogens (tertiary/aromatic N) is 1. The minimum Gasteiger partial charge on any atom is -0.507 e. The van der Waals surface area contributed by atoms with Crippen LogP contribution in [0.1, 0.15) is 21.5 Å². The van der Waals surface area contributed by atoms with Crippen LogP contribution in [0, 0.1) is 6.92 Å². The number of hydrogen-bond donors (Lipinski definition) is 2. The minimum atomic E-state index is -0.272. The van der Waals surface area contributed by atoms with Crippen molar-refractivity contribution in [1.29, 1.82) is 0 Å². The van der Waals surface area contributed by atoms with E-state index >= 15 is 0 Å². The fourth-order valence-corrected chi connectivity index (χ4v) is 1.81. The van der Waals surface area contributed by atoms with Gasteiger partial charge in [-0.3, -0.25) is 9.79 Å². The summed E-state index contributed by atoms with van der Waals surface area (Å²) in [6, 6.07) is 11.7. The first-order valence-corrected chi connectivity index (χ1v) is 6.19. The van der Waals surface area contributed by atoms with Gasteiger partial charge in [0.25, 0.3) is 0 Å². The molecule has 0 amide bonds. The monoisotopic (exact) mass is 269 g/mol. The fourth-order valence-electron chi connectivity index (χ4n) is 1.81. The number of aryl methyl sites for hydroxylation is 1. The highest BCUT2D eigenvalue weighted by molar-refractivity contribution is 6.01. The second-order valence-corrected chi connectivity index (χ2v) is 4.42. The Morgan fingerprint density at radius 2 is 1.90 bits per heavy atom. The predicted octanol–water partition coefficient (Wildman–Crippen LogP) is 2.71. The van der Waals surface area contributed by atoms with Crippen LogP contribution in [0.5, 0.6) is 11.5 Å². The van der Waals surface area contributed by atoms with Gasteiger partial charge in [-0.15, -0.1) is 0 Å². The Labute approximate surface area is 117 Å². The van der Waals surface area contributed by atoms with E-state index in [0.29, 0.717) is 5.56 Å². The quantitative estimate of drug-likeness (QED) is 0.662. The second-order valence-electron chi connectivity index (χ2n) is 4.42. The molecule has 0 unspecified atom stereocenters. The van der Waals surface area contributed by atoms with Gasteiger partial charge in [0.05, 0.1) is 5.56 Å². The molecule has 0 aliphatic rings. The van der Waals surface area contributed by atoms with Crippen LogP contribution in [0.4, 0.5) is 0 Å². The highest BCUT2D eigenvalue weighted by atomic mass is 16.3. The first kappa shape index (κ1) is 13.8. The summed E-state index contributed by atoms with van der Waals surface area (Å²) in [5.74, 6) is -0.163. The van der Waals surface area contributed by atoms with Gasteiger partial charge in [-0.05, 0) is 30.7 Å². The lowest BCUT2D eigenvalue weighted by molar-refractivity contribution is 0.0999. The number of phenols is 2. The number of aliphatic imine (C=N–C) groups is 1. The summed E-state index contributed by atoms with van der Waals surface area (Å²) in [6.45, 7) is 1.71. The third-order valence-electron chi connectivity index (χ3n) is 2.94. The molecule has 2 aromatic carbocycles. The SMILES string of the molecule is Cc1cccc(C=NCC(=O)c2ccccc2O)c1O. The van der Waals surface area contributed by atoms with Crippen molar-refractivity contribution in [3.8, 4) is 11.5 Å². The molecular formula is C16H15NO3. The highest BCUT2D eigenvalue weighted by Gasteiger charge is 2.09. The fraction of sp³-hybridized carbons (Fsp3) is 0.125. The van der Waals surface area contributed by atoms with E-state index in [1.165, 1.54) is 12.3 Å². The topological polar surface area (TPSA) is 69.9 Å². The molecule has 0 radical (unpaired) electrons. The lowest BCUT2D eigenvalue weighted by Crippen LogP contribution is -2.03. The van der Waals surface area contributed by atoms with Gasteiger partial charge >= 0.3 is 0 Å². The molecule has 102 valence electrons. The van der Waals surface area contributed by atoms with Gasteiger partial charge in [-0.25, -0.2) is 0 Å². The van der Waals surface area contributed by atoms with Gasteiger partial charge in [0.1, 0.15) is 18.0 Å². The molecule has 0 aliphatic heterocycles. The van der Waals surface area contributed by atoms with Gasteiger partial charge in [0.15, 0.2) is 5.78 Å². The molecule has 2 aromatic rings. The largest absolute Gasteiger partial charge is 0.507 e. The van der Waals surface area contributed by atoms with Crippen molar-refractivity contribution in [2.45, 2.75) is 6.92 Å². The van der Waals surface area contributed by atoms with E-state index < -0.39 is 0 Å². The van der Waals surface area contributed by atoms with Crippen LogP contribution in [-0.2, 0) is 0 Å². The zero-order chi connectivity index (χ0) is 14.5. The molecule has 0 spiro atoms. The summed E-state index contributed by atoms with van der Waals surface area (Å²) < 4.78 is 0. The Bertz CT molecular complexity index is 663. The van der Waals surface area contributed by atoms with Crippen molar-refractivity contribution in [2.24, 2.45) is 4.99 Å². The van der Waals surface area contributed by atoms with Crippen molar-refractivity contribution < 1.29 is 15.0 Å². The summed E-state index contributed by atoms with van der Waals surface area (Å²) in [5, 5.41) is 19.4. The molecule has 2 N–H and O–H groups in total. The zero-order valence-corrected chi connectivity index (χ0v) is 11.1. The zero-order valence-electron chi connectivity index (χ0n) is 11.1. The summed E-state index contributed by atoms with van der Waals surface area (Å²) >= 11 is 0.